The Bertz CT molecular complexity index is 282. The summed E-state index contributed by atoms with van der Waals surface area (Å²) in [4.78, 5) is 0. The second-order valence-electron chi connectivity index (χ2n) is 4.18. The summed E-state index contributed by atoms with van der Waals surface area (Å²) in [5.41, 5.74) is 5.38. The molecule has 1 aromatic carbocycles. The first-order valence-electron chi connectivity index (χ1n) is 6.01. The Morgan fingerprint density at radius 1 is 1.25 bits per heavy atom. The van der Waals surface area contributed by atoms with Crippen molar-refractivity contribution in [1.29, 1.82) is 0 Å². The number of hydrogen-bond donors (Lipinski definition) is 3. The van der Waals surface area contributed by atoms with Crippen molar-refractivity contribution >= 4 is 0 Å². The van der Waals surface area contributed by atoms with Crippen molar-refractivity contribution in [2.75, 3.05) is 13.2 Å². The molecular formula is C13H23N3. The molecule has 3 nitrogen and oxygen atoms in total. The van der Waals surface area contributed by atoms with E-state index in [0.717, 1.165) is 13.0 Å². The van der Waals surface area contributed by atoms with E-state index >= 15 is 0 Å². The highest BCUT2D eigenvalue weighted by molar-refractivity contribution is 5.25. The van der Waals surface area contributed by atoms with Crippen LogP contribution in [0.15, 0.2) is 24.3 Å². The smallest absolute Gasteiger partial charge is 0.0587 e. The molecule has 1 aromatic rings. The van der Waals surface area contributed by atoms with E-state index in [1.165, 1.54) is 17.5 Å². The van der Waals surface area contributed by atoms with Gasteiger partial charge in [-0.05, 0) is 29.9 Å². The maximum absolute atomic E-state index is 5.16. The predicted molar refractivity (Wildman–Crippen MR) is 69.0 cm³/mol. The van der Waals surface area contributed by atoms with Crippen LogP contribution in [-0.4, -0.2) is 13.2 Å². The van der Waals surface area contributed by atoms with E-state index in [1.807, 2.05) is 0 Å². The molecule has 0 aliphatic carbocycles. The summed E-state index contributed by atoms with van der Waals surface area (Å²) >= 11 is 0. The van der Waals surface area contributed by atoms with Crippen molar-refractivity contribution in [3.05, 3.63) is 35.4 Å². The SMILES string of the molecule is CCC(C)c1ccc(CCNCNN)cc1. The zero-order valence-corrected chi connectivity index (χ0v) is 10.3. The Morgan fingerprint density at radius 3 is 2.50 bits per heavy atom. The van der Waals surface area contributed by atoms with Crippen molar-refractivity contribution in [3.8, 4) is 0 Å². The van der Waals surface area contributed by atoms with E-state index < -0.39 is 0 Å². The van der Waals surface area contributed by atoms with Crippen LogP contribution in [0.3, 0.4) is 0 Å². The standard InChI is InChI=1S/C13H23N3/c1-3-11(2)13-6-4-12(5-7-13)8-9-15-10-16-14/h4-7,11,15-16H,3,8-10,14H2,1-2H3. The first-order valence-corrected chi connectivity index (χ1v) is 6.01. The average Bonchev–Trinajstić information content (AvgIpc) is 2.34. The van der Waals surface area contributed by atoms with E-state index in [9.17, 15) is 0 Å². The quantitative estimate of drug-likeness (QED) is 0.284. The van der Waals surface area contributed by atoms with Gasteiger partial charge in [0.1, 0.15) is 0 Å². The lowest BCUT2D eigenvalue weighted by Crippen LogP contribution is -2.34. The van der Waals surface area contributed by atoms with E-state index in [0.29, 0.717) is 12.6 Å². The van der Waals surface area contributed by atoms with Gasteiger partial charge < -0.3 is 5.32 Å². The van der Waals surface area contributed by atoms with Gasteiger partial charge in [0.05, 0.1) is 6.67 Å². The Morgan fingerprint density at radius 2 is 1.94 bits per heavy atom. The van der Waals surface area contributed by atoms with Crippen molar-refractivity contribution in [3.63, 3.8) is 0 Å². The Balaban J connectivity index is 2.39. The summed E-state index contributed by atoms with van der Waals surface area (Å²) in [7, 11) is 0. The van der Waals surface area contributed by atoms with Gasteiger partial charge in [0.15, 0.2) is 0 Å². The van der Waals surface area contributed by atoms with Crippen molar-refractivity contribution < 1.29 is 0 Å². The molecule has 0 amide bonds. The largest absolute Gasteiger partial charge is 0.303 e. The third-order valence-corrected chi connectivity index (χ3v) is 2.98. The Hall–Kier alpha value is -0.900. The molecule has 1 rings (SSSR count). The van der Waals surface area contributed by atoms with E-state index in [-0.39, 0.29) is 0 Å². The molecular weight excluding hydrogens is 198 g/mol. The molecule has 0 heterocycles. The predicted octanol–water partition coefficient (Wildman–Crippen LogP) is 1.75. The second kappa shape index (κ2) is 7.39. The summed E-state index contributed by atoms with van der Waals surface area (Å²) < 4.78 is 0. The molecule has 0 bridgehead atoms. The second-order valence-corrected chi connectivity index (χ2v) is 4.18. The number of nitrogens with one attached hydrogen (secondary N) is 2. The highest BCUT2D eigenvalue weighted by Crippen LogP contribution is 2.18. The lowest BCUT2D eigenvalue weighted by Gasteiger charge is -2.10. The molecule has 3 heteroatoms. The van der Waals surface area contributed by atoms with Crippen molar-refractivity contribution in [2.24, 2.45) is 5.84 Å². The molecule has 4 N–H and O–H groups in total. The van der Waals surface area contributed by atoms with Crippen LogP contribution in [-0.2, 0) is 6.42 Å². The number of hydrogen-bond acceptors (Lipinski definition) is 3. The number of hydrazine groups is 1. The van der Waals surface area contributed by atoms with Gasteiger partial charge in [0, 0.05) is 6.54 Å². The Labute approximate surface area is 98.4 Å². The fraction of sp³-hybridized carbons (Fsp3) is 0.538. The summed E-state index contributed by atoms with van der Waals surface area (Å²) in [6, 6.07) is 8.92. The van der Waals surface area contributed by atoms with Gasteiger partial charge in [-0.1, -0.05) is 38.1 Å². The zero-order chi connectivity index (χ0) is 11.8. The third kappa shape index (κ3) is 4.31. The Kier molecular flexibility index (Phi) is 6.08. The van der Waals surface area contributed by atoms with Crippen LogP contribution < -0.4 is 16.6 Å². The molecule has 0 spiro atoms. The molecule has 0 aliphatic rings. The van der Waals surface area contributed by atoms with Gasteiger partial charge >= 0.3 is 0 Å². The minimum absolute atomic E-state index is 0.658. The highest BCUT2D eigenvalue weighted by Gasteiger charge is 2.01. The fourth-order valence-corrected chi connectivity index (χ4v) is 1.64. The lowest BCUT2D eigenvalue weighted by atomic mass is 9.97. The molecule has 16 heavy (non-hydrogen) atoms. The first-order chi connectivity index (χ1) is 7.77. The fourth-order valence-electron chi connectivity index (χ4n) is 1.64. The summed E-state index contributed by atoms with van der Waals surface area (Å²) in [6.07, 6.45) is 2.24. The van der Waals surface area contributed by atoms with Crippen molar-refractivity contribution in [2.45, 2.75) is 32.6 Å². The van der Waals surface area contributed by atoms with Crippen LogP contribution in [0, 0.1) is 0 Å². The maximum Gasteiger partial charge on any atom is 0.0587 e. The van der Waals surface area contributed by atoms with Crippen LogP contribution in [0.1, 0.15) is 37.3 Å². The molecule has 0 aromatic heterocycles. The maximum atomic E-state index is 5.16. The number of nitrogens with two attached hydrogens (primary N) is 1. The minimum Gasteiger partial charge on any atom is -0.303 e. The molecule has 0 saturated carbocycles. The van der Waals surface area contributed by atoms with Gasteiger partial charge in [-0.15, -0.1) is 0 Å². The molecule has 1 unspecified atom stereocenters. The van der Waals surface area contributed by atoms with Gasteiger partial charge in [-0.3, -0.25) is 5.84 Å². The van der Waals surface area contributed by atoms with E-state index in [2.05, 4.69) is 48.9 Å². The zero-order valence-electron chi connectivity index (χ0n) is 10.3. The average molecular weight is 221 g/mol. The molecule has 0 aliphatic heterocycles. The van der Waals surface area contributed by atoms with E-state index in [4.69, 9.17) is 5.84 Å². The summed E-state index contributed by atoms with van der Waals surface area (Å²) in [6.45, 7) is 6.10. The number of benzene rings is 1. The lowest BCUT2D eigenvalue weighted by molar-refractivity contribution is 0.601. The molecule has 90 valence electrons. The van der Waals surface area contributed by atoms with E-state index in [1.54, 1.807) is 0 Å². The molecule has 0 fully saturated rings. The number of rotatable bonds is 7. The summed E-state index contributed by atoms with van der Waals surface area (Å²) in [5, 5.41) is 3.20. The molecule has 1 atom stereocenters. The normalized spacial score (nSPS) is 12.7. The van der Waals surface area contributed by atoms with Gasteiger partial charge in [-0.25, -0.2) is 5.43 Å². The van der Waals surface area contributed by atoms with Gasteiger partial charge in [-0.2, -0.15) is 0 Å². The summed E-state index contributed by atoms with van der Waals surface area (Å²) in [5.74, 6) is 5.82. The van der Waals surface area contributed by atoms with Crippen LogP contribution >= 0.6 is 0 Å². The van der Waals surface area contributed by atoms with Crippen LogP contribution in [0.5, 0.6) is 0 Å². The third-order valence-electron chi connectivity index (χ3n) is 2.98. The van der Waals surface area contributed by atoms with Crippen molar-refractivity contribution in [1.82, 2.24) is 10.7 Å². The molecule has 0 saturated heterocycles. The highest BCUT2D eigenvalue weighted by atomic mass is 15.3. The molecule has 0 radical (unpaired) electrons. The van der Waals surface area contributed by atoms with Gasteiger partial charge in [0.25, 0.3) is 0 Å². The topological polar surface area (TPSA) is 50.1 Å². The minimum atomic E-state index is 0.658. The van der Waals surface area contributed by atoms with Crippen LogP contribution in [0.25, 0.3) is 0 Å². The van der Waals surface area contributed by atoms with Crippen LogP contribution in [0.4, 0.5) is 0 Å². The first kappa shape index (κ1) is 13.2. The van der Waals surface area contributed by atoms with Gasteiger partial charge in [0.2, 0.25) is 0 Å². The van der Waals surface area contributed by atoms with Crippen LogP contribution in [0.2, 0.25) is 0 Å². The monoisotopic (exact) mass is 221 g/mol.